The summed E-state index contributed by atoms with van der Waals surface area (Å²) in [5, 5.41) is 1.72. The lowest BCUT2D eigenvalue weighted by molar-refractivity contribution is 0.127. The fourth-order valence-corrected chi connectivity index (χ4v) is 4.79. The smallest absolute Gasteiger partial charge is 0.142 e. The second-order valence-corrected chi connectivity index (χ2v) is 8.85. The second kappa shape index (κ2) is 9.45. The molecule has 1 fully saturated rings. The van der Waals surface area contributed by atoms with E-state index < -0.39 is 5.82 Å². The maximum absolute atomic E-state index is 15.1. The van der Waals surface area contributed by atoms with Crippen LogP contribution in [0.4, 0.5) is 8.78 Å². The van der Waals surface area contributed by atoms with Crippen molar-refractivity contribution >= 4 is 22.4 Å². The third-order valence-electron chi connectivity index (χ3n) is 6.45. The highest BCUT2D eigenvalue weighted by Gasteiger charge is 2.22. The molecule has 0 N–H and O–H groups in total. The van der Waals surface area contributed by atoms with Crippen molar-refractivity contribution in [3.63, 3.8) is 0 Å². The molecule has 3 aromatic carbocycles. The zero-order chi connectivity index (χ0) is 21.1. The number of halogens is 3. The quantitative estimate of drug-likeness (QED) is 0.395. The third-order valence-corrected chi connectivity index (χ3v) is 6.75. The van der Waals surface area contributed by atoms with Crippen LogP contribution in [0.1, 0.15) is 48.3 Å². The number of aryl methyl sites for hydroxylation is 2. The molecule has 0 spiro atoms. The van der Waals surface area contributed by atoms with Gasteiger partial charge in [-0.15, -0.1) is 0 Å². The van der Waals surface area contributed by atoms with E-state index >= 15 is 4.39 Å². The number of ether oxygens (including phenoxy) is 1. The van der Waals surface area contributed by atoms with Gasteiger partial charge in [0.05, 0.1) is 5.02 Å². The zero-order valence-corrected chi connectivity index (χ0v) is 18.0. The highest BCUT2D eigenvalue weighted by molar-refractivity contribution is 6.30. The van der Waals surface area contributed by atoms with E-state index in [0.29, 0.717) is 35.6 Å². The maximum atomic E-state index is 15.1. The van der Waals surface area contributed by atoms with Gasteiger partial charge in [-0.05, 0) is 84.6 Å². The van der Waals surface area contributed by atoms with Gasteiger partial charge in [-0.25, -0.2) is 8.78 Å². The highest BCUT2D eigenvalue weighted by Crippen LogP contribution is 2.37. The summed E-state index contributed by atoms with van der Waals surface area (Å²) in [6.45, 7) is 0.848. The molecule has 1 nitrogen and oxygen atoms in total. The lowest BCUT2D eigenvalue weighted by Crippen LogP contribution is -2.17. The van der Waals surface area contributed by atoms with Crippen LogP contribution in [0.25, 0.3) is 10.8 Å². The second-order valence-electron chi connectivity index (χ2n) is 8.44. The van der Waals surface area contributed by atoms with Crippen molar-refractivity contribution in [3.05, 3.63) is 81.9 Å². The van der Waals surface area contributed by atoms with Crippen molar-refractivity contribution in [3.8, 4) is 0 Å². The van der Waals surface area contributed by atoms with Gasteiger partial charge in [0.1, 0.15) is 11.6 Å². The molecule has 0 bridgehead atoms. The molecule has 30 heavy (non-hydrogen) atoms. The lowest BCUT2D eigenvalue weighted by atomic mass is 9.78. The van der Waals surface area contributed by atoms with Crippen LogP contribution in [0.15, 0.2) is 48.5 Å². The molecule has 0 amide bonds. The molecular formula is C26H27ClF2O. The summed E-state index contributed by atoms with van der Waals surface area (Å²) < 4.78 is 34.0. The molecule has 158 valence electrons. The van der Waals surface area contributed by atoms with Crippen molar-refractivity contribution in [1.29, 1.82) is 0 Å². The monoisotopic (exact) mass is 428 g/mol. The highest BCUT2D eigenvalue weighted by atomic mass is 35.5. The molecule has 3 aromatic rings. The van der Waals surface area contributed by atoms with Crippen LogP contribution in [-0.4, -0.2) is 13.7 Å². The fourth-order valence-electron chi connectivity index (χ4n) is 4.67. The molecule has 1 aliphatic rings. The number of hydrogen-bond donors (Lipinski definition) is 0. The summed E-state index contributed by atoms with van der Waals surface area (Å²) in [6.07, 6.45) is 5.80. The van der Waals surface area contributed by atoms with E-state index in [2.05, 4.69) is 12.1 Å². The molecule has 4 rings (SSSR count). The van der Waals surface area contributed by atoms with Crippen molar-refractivity contribution < 1.29 is 13.5 Å². The Morgan fingerprint density at radius 3 is 2.47 bits per heavy atom. The first-order chi connectivity index (χ1) is 14.5. The van der Waals surface area contributed by atoms with E-state index in [1.165, 1.54) is 24.5 Å². The van der Waals surface area contributed by atoms with Crippen LogP contribution in [0.3, 0.4) is 0 Å². The normalized spacial score (nSPS) is 19.3. The van der Waals surface area contributed by atoms with Crippen LogP contribution in [-0.2, 0) is 17.6 Å². The molecule has 0 heterocycles. The molecule has 0 atom stereocenters. The summed E-state index contributed by atoms with van der Waals surface area (Å²) >= 11 is 5.74. The average Bonchev–Trinajstić information content (AvgIpc) is 2.76. The van der Waals surface area contributed by atoms with Crippen LogP contribution >= 0.6 is 11.6 Å². The minimum absolute atomic E-state index is 0.110. The van der Waals surface area contributed by atoms with Gasteiger partial charge in [-0.2, -0.15) is 0 Å². The Balaban J connectivity index is 1.48. The Morgan fingerprint density at radius 1 is 0.933 bits per heavy atom. The first-order valence-electron chi connectivity index (χ1n) is 10.7. The number of hydrogen-bond acceptors (Lipinski definition) is 1. The van der Waals surface area contributed by atoms with Crippen molar-refractivity contribution in [2.24, 2.45) is 5.92 Å². The molecule has 0 aromatic heterocycles. The Labute approximate surface area is 182 Å². The van der Waals surface area contributed by atoms with Crippen LogP contribution in [0.2, 0.25) is 5.02 Å². The van der Waals surface area contributed by atoms with Crippen LogP contribution in [0, 0.1) is 17.6 Å². The topological polar surface area (TPSA) is 9.23 Å². The third kappa shape index (κ3) is 4.68. The first-order valence-corrected chi connectivity index (χ1v) is 11.1. The summed E-state index contributed by atoms with van der Waals surface area (Å²) in [6, 6.07) is 14.8. The molecule has 0 aliphatic heterocycles. The molecule has 0 radical (unpaired) electrons. The molecular weight excluding hydrogens is 402 g/mol. The Kier molecular flexibility index (Phi) is 6.70. The van der Waals surface area contributed by atoms with E-state index in [1.807, 2.05) is 18.2 Å². The van der Waals surface area contributed by atoms with Gasteiger partial charge in [0.25, 0.3) is 0 Å². The standard InChI is InChI=1S/C26H27ClF2O/c1-30-16-18-3-6-19(7-4-18)21-11-12-23-22(15-21)10-9-20(26(23)29)8-2-17-5-13-24(27)25(28)14-17/h5,9-15,18-19H,2-4,6-8,16H2,1H3. The summed E-state index contributed by atoms with van der Waals surface area (Å²) in [7, 11) is 1.77. The predicted octanol–water partition coefficient (Wildman–Crippen LogP) is 7.48. The van der Waals surface area contributed by atoms with Crippen molar-refractivity contribution in [1.82, 2.24) is 0 Å². The fraction of sp³-hybridized carbons (Fsp3) is 0.385. The number of methoxy groups -OCH3 is 1. The Bertz CT molecular complexity index is 1020. The van der Waals surface area contributed by atoms with E-state index in [9.17, 15) is 4.39 Å². The van der Waals surface area contributed by atoms with E-state index in [1.54, 1.807) is 19.2 Å². The zero-order valence-electron chi connectivity index (χ0n) is 17.3. The molecule has 4 heteroatoms. The Morgan fingerprint density at radius 2 is 1.73 bits per heavy atom. The van der Waals surface area contributed by atoms with Gasteiger partial charge in [0.2, 0.25) is 0 Å². The number of fused-ring (bicyclic) bond motifs is 1. The molecule has 1 aliphatic carbocycles. The summed E-state index contributed by atoms with van der Waals surface area (Å²) in [5.74, 6) is 0.611. The number of benzene rings is 3. The molecule has 0 unspecified atom stereocenters. The maximum Gasteiger partial charge on any atom is 0.142 e. The van der Waals surface area contributed by atoms with Crippen LogP contribution < -0.4 is 0 Å². The van der Waals surface area contributed by atoms with E-state index in [4.69, 9.17) is 16.3 Å². The number of rotatable bonds is 6. The van der Waals surface area contributed by atoms with E-state index in [0.717, 1.165) is 30.4 Å². The first kappa shape index (κ1) is 21.3. The Hall–Kier alpha value is -1.97. The van der Waals surface area contributed by atoms with Gasteiger partial charge in [-0.1, -0.05) is 48.0 Å². The molecule has 0 saturated heterocycles. The van der Waals surface area contributed by atoms with Crippen molar-refractivity contribution in [2.45, 2.75) is 44.4 Å². The van der Waals surface area contributed by atoms with E-state index in [-0.39, 0.29) is 10.8 Å². The SMILES string of the molecule is COCC1CCC(c2ccc3c(F)c(CCc4ccc(Cl)c(F)c4)ccc3c2)CC1. The summed E-state index contributed by atoms with van der Waals surface area (Å²) in [4.78, 5) is 0. The van der Waals surface area contributed by atoms with Crippen LogP contribution in [0.5, 0.6) is 0 Å². The minimum Gasteiger partial charge on any atom is -0.384 e. The van der Waals surface area contributed by atoms with Gasteiger partial charge in [-0.3, -0.25) is 0 Å². The van der Waals surface area contributed by atoms with Crippen molar-refractivity contribution in [2.75, 3.05) is 13.7 Å². The van der Waals surface area contributed by atoms with Gasteiger partial charge >= 0.3 is 0 Å². The average molecular weight is 429 g/mol. The predicted molar refractivity (Wildman–Crippen MR) is 119 cm³/mol. The lowest BCUT2D eigenvalue weighted by Gasteiger charge is -2.28. The molecule has 1 saturated carbocycles. The largest absolute Gasteiger partial charge is 0.384 e. The summed E-state index contributed by atoms with van der Waals surface area (Å²) in [5.41, 5.74) is 2.78. The van der Waals surface area contributed by atoms with Gasteiger partial charge in [0, 0.05) is 19.1 Å². The van der Waals surface area contributed by atoms with Gasteiger partial charge < -0.3 is 4.74 Å². The van der Waals surface area contributed by atoms with Gasteiger partial charge in [0.15, 0.2) is 0 Å². The minimum atomic E-state index is -0.433.